The summed E-state index contributed by atoms with van der Waals surface area (Å²) in [5.41, 5.74) is 6.41. The van der Waals surface area contributed by atoms with Crippen LogP contribution >= 0.6 is 0 Å². The first-order valence-electron chi connectivity index (χ1n) is 11.1. The number of nitrogen functional groups attached to an aromatic ring is 1. The molecule has 194 valence electrons. The lowest BCUT2D eigenvalue weighted by atomic mass is 10.1. The number of aromatic hydroxyl groups is 1. The van der Waals surface area contributed by atoms with Crippen LogP contribution in [0.1, 0.15) is 0 Å². The summed E-state index contributed by atoms with van der Waals surface area (Å²) in [5.74, 6) is -0.0539. The van der Waals surface area contributed by atoms with Crippen LogP contribution in [-0.2, 0) is 20.2 Å². The normalized spacial score (nSPS) is 12.1. The van der Waals surface area contributed by atoms with Crippen LogP contribution in [-0.4, -0.2) is 31.0 Å². The Hall–Kier alpha value is -4.36. The smallest absolute Gasteiger partial charge is 0.298 e. The molecule has 0 atom stereocenters. The lowest BCUT2D eigenvalue weighted by Crippen LogP contribution is -2.12. The van der Waals surface area contributed by atoms with E-state index >= 15 is 0 Å². The zero-order chi connectivity index (χ0) is 27.2. The fourth-order valence-corrected chi connectivity index (χ4v) is 5.85. The van der Waals surface area contributed by atoms with Crippen LogP contribution in [0.2, 0.25) is 0 Å². The van der Waals surface area contributed by atoms with E-state index in [4.69, 9.17) is 5.73 Å². The van der Waals surface area contributed by atoms with Gasteiger partial charge in [0.25, 0.3) is 20.2 Å². The summed E-state index contributed by atoms with van der Waals surface area (Å²) in [6.07, 6.45) is 0. The molecule has 0 aliphatic carbocycles. The first-order chi connectivity index (χ1) is 17.9. The number of anilines is 5. The van der Waals surface area contributed by atoms with Crippen molar-refractivity contribution in [1.82, 2.24) is 0 Å². The van der Waals surface area contributed by atoms with E-state index < -0.39 is 35.7 Å². The van der Waals surface area contributed by atoms with E-state index in [2.05, 4.69) is 10.6 Å². The highest BCUT2D eigenvalue weighted by Gasteiger charge is 2.29. The summed E-state index contributed by atoms with van der Waals surface area (Å²) in [4.78, 5) is -1.60. The Morgan fingerprint density at radius 1 is 0.658 bits per heavy atom. The van der Waals surface area contributed by atoms with Gasteiger partial charge in [-0.25, -0.2) is 0 Å². The van der Waals surface area contributed by atoms with Crippen molar-refractivity contribution < 1.29 is 31.0 Å². The fraction of sp³-hybridized carbons (Fsp3) is 0. The molecule has 0 spiro atoms. The molecule has 0 aromatic heterocycles. The number of phenolic OH excluding ortho intramolecular Hbond substituents is 1. The molecular weight excluding hydrogens is 530 g/mol. The Morgan fingerprint density at radius 2 is 1.37 bits per heavy atom. The Labute approximate surface area is 217 Å². The minimum Gasteiger partial charge on any atom is -0.507 e. The van der Waals surface area contributed by atoms with Crippen LogP contribution in [0.3, 0.4) is 0 Å². The molecule has 5 aromatic carbocycles. The van der Waals surface area contributed by atoms with Crippen LogP contribution < -0.4 is 16.4 Å². The second kappa shape index (κ2) is 9.19. The van der Waals surface area contributed by atoms with Crippen molar-refractivity contribution in [1.29, 1.82) is 0 Å². The highest BCUT2D eigenvalue weighted by Crippen LogP contribution is 2.40. The Morgan fingerprint density at radius 3 is 2.08 bits per heavy atom. The number of hydrogen-bond acceptors (Lipinski definition) is 8. The van der Waals surface area contributed by atoms with Crippen LogP contribution in [0, 0.1) is 0 Å². The van der Waals surface area contributed by atoms with Gasteiger partial charge in [-0.1, -0.05) is 42.5 Å². The molecule has 0 aliphatic rings. The maximum absolute atomic E-state index is 12.7. The molecule has 0 amide bonds. The number of fused-ring (bicyclic) bond motifs is 2. The van der Waals surface area contributed by atoms with Crippen molar-refractivity contribution in [3.63, 3.8) is 0 Å². The Kier molecular flexibility index (Phi) is 6.12. The Balaban J connectivity index is 1.73. The highest BCUT2D eigenvalue weighted by molar-refractivity contribution is 7.87. The van der Waals surface area contributed by atoms with E-state index in [-0.39, 0.29) is 17.1 Å². The second-order valence-electron chi connectivity index (χ2n) is 8.48. The SMILES string of the molecule is Nc1ccc(Nc2ccc(S(=O)(=O)O)c(Nc3ccc4cccc(O)c4c3)c2S(=O)(=O)O)c2ccccc12. The fourth-order valence-electron chi connectivity index (χ4n) is 4.32. The van der Waals surface area contributed by atoms with Gasteiger partial charge in [0, 0.05) is 33.2 Å². The van der Waals surface area contributed by atoms with E-state index in [0.717, 1.165) is 12.1 Å². The van der Waals surface area contributed by atoms with E-state index in [1.165, 1.54) is 18.2 Å². The van der Waals surface area contributed by atoms with Crippen molar-refractivity contribution in [3.8, 4) is 5.75 Å². The monoisotopic (exact) mass is 551 g/mol. The van der Waals surface area contributed by atoms with Gasteiger partial charge >= 0.3 is 0 Å². The van der Waals surface area contributed by atoms with Crippen LogP contribution in [0.25, 0.3) is 21.5 Å². The third-order valence-electron chi connectivity index (χ3n) is 6.01. The number of rotatable bonds is 6. The zero-order valence-corrected chi connectivity index (χ0v) is 21.1. The van der Waals surface area contributed by atoms with Crippen LogP contribution in [0.4, 0.5) is 28.4 Å². The van der Waals surface area contributed by atoms with Gasteiger partial charge in [-0.05, 0) is 47.9 Å². The third-order valence-corrected chi connectivity index (χ3v) is 7.85. The quantitative estimate of drug-likeness (QED) is 0.120. The summed E-state index contributed by atoms with van der Waals surface area (Å²) in [5, 5.41) is 18.3. The van der Waals surface area contributed by atoms with Crippen LogP contribution in [0.15, 0.2) is 94.7 Å². The standard InChI is InChI=1S/C26H21N3O7S2/c27-20-10-11-21(18-6-2-1-5-17(18)20)29-22-12-13-24(37(31,32)33)25(26(22)38(34,35)36)28-16-9-8-15-4-3-7-23(30)19(15)14-16/h1-14,28-30H,27H2,(H,31,32,33)(H,34,35,36). The summed E-state index contributed by atoms with van der Waals surface area (Å²) in [6.45, 7) is 0. The minimum absolute atomic E-state index is 0.0539. The van der Waals surface area contributed by atoms with Crippen molar-refractivity contribution in [2.24, 2.45) is 0 Å². The lowest BCUT2D eigenvalue weighted by Gasteiger charge is -2.19. The van der Waals surface area contributed by atoms with Gasteiger partial charge < -0.3 is 21.5 Å². The van der Waals surface area contributed by atoms with Crippen molar-refractivity contribution in [3.05, 3.63) is 84.9 Å². The van der Waals surface area contributed by atoms with Gasteiger partial charge in [0.15, 0.2) is 0 Å². The maximum Gasteiger partial charge on any atom is 0.298 e. The number of nitrogens with two attached hydrogens (primary N) is 1. The topological polar surface area (TPSA) is 179 Å². The van der Waals surface area contributed by atoms with Gasteiger partial charge in [-0.3, -0.25) is 9.11 Å². The minimum atomic E-state index is -5.07. The van der Waals surface area contributed by atoms with Crippen molar-refractivity contribution in [2.45, 2.75) is 9.79 Å². The van der Waals surface area contributed by atoms with Gasteiger partial charge in [0.1, 0.15) is 15.5 Å². The molecule has 0 bridgehead atoms. The Bertz CT molecular complexity index is 1960. The third kappa shape index (κ3) is 4.68. The predicted molar refractivity (Wildman–Crippen MR) is 147 cm³/mol. The van der Waals surface area contributed by atoms with Gasteiger partial charge in [-0.15, -0.1) is 0 Å². The molecule has 0 fully saturated rings. The molecule has 0 unspecified atom stereocenters. The molecule has 10 nitrogen and oxygen atoms in total. The summed E-state index contributed by atoms with van der Waals surface area (Å²) in [7, 11) is -10.0. The molecule has 0 aliphatic heterocycles. The molecule has 0 saturated carbocycles. The van der Waals surface area contributed by atoms with Crippen molar-refractivity contribution >= 4 is 70.2 Å². The first-order valence-corrected chi connectivity index (χ1v) is 14.0. The number of phenols is 1. The number of nitrogens with one attached hydrogen (secondary N) is 2. The van der Waals surface area contributed by atoms with Crippen molar-refractivity contribution in [2.75, 3.05) is 16.4 Å². The molecule has 0 saturated heterocycles. The number of benzene rings is 5. The number of hydrogen-bond donors (Lipinski definition) is 6. The van der Waals surface area contributed by atoms with E-state index in [1.54, 1.807) is 54.6 Å². The second-order valence-corrected chi connectivity index (χ2v) is 11.2. The molecule has 0 radical (unpaired) electrons. The molecule has 38 heavy (non-hydrogen) atoms. The highest BCUT2D eigenvalue weighted by atomic mass is 32.2. The molecule has 0 heterocycles. The van der Waals surface area contributed by atoms with Gasteiger partial charge in [0.2, 0.25) is 0 Å². The molecule has 5 aromatic rings. The van der Waals surface area contributed by atoms with E-state index in [9.17, 15) is 31.0 Å². The van der Waals surface area contributed by atoms with Crippen LogP contribution in [0.5, 0.6) is 5.75 Å². The average molecular weight is 552 g/mol. The summed E-state index contributed by atoms with van der Waals surface area (Å²) < 4.78 is 69.9. The molecule has 5 rings (SSSR count). The maximum atomic E-state index is 12.7. The van der Waals surface area contributed by atoms with E-state index in [0.29, 0.717) is 32.9 Å². The zero-order valence-electron chi connectivity index (χ0n) is 19.5. The average Bonchev–Trinajstić information content (AvgIpc) is 2.85. The summed E-state index contributed by atoms with van der Waals surface area (Å²) >= 11 is 0. The molecule has 7 N–H and O–H groups in total. The summed E-state index contributed by atoms with van der Waals surface area (Å²) in [6, 6.07) is 21.9. The first kappa shape index (κ1) is 25.3. The van der Waals surface area contributed by atoms with E-state index in [1.807, 2.05) is 0 Å². The van der Waals surface area contributed by atoms with Gasteiger partial charge in [0.05, 0.1) is 11.4 Å². The molecule has 12 heteroatoms. The van der Waals surface area contributed by atoms with Gasteiger partial charge in [-0.2, -0.15) is 16.8 Å². The lowest BCUT2D eigenvalue weighted by molar-refractivity contribution is 0.480. The largest absolute Gasteiger partial charge is 0.507 e. The predicted octanol–water partition coefficient (Wildman–Crippen LogP) is 5.26. The molecular formula is C26H21N3O7S2.